The number of piperidine rings is 1. The van der Waals surface area contributed by atoms with Gasteiger partial charge in [0.2, 0.25) is 0 Å². The van der Waals surface area contributed by atoms with Gasteiger partial charge in [0.25, 0.3) is 0 Å². The molecule has 2 aliphatic heterocycles. The third kappa shape index (κ3) is 1.81. The third-order valence-corrected chi connectivity index (χ3v) is 4.81. The highest BCUT2D eigenvalue weighted by molar-refractivity contribution is 6.28. The first kappa shape index (κ1) is 11.6. The van der Waals surface area contributed by atoms with E-state index in [4.69, 9.17) is 16.0 Å². The largest absolute Gasteiger partial charge is 0.449 e. The van der Waals surface area contributed by atoms with E-state index < -0.39 is 0 Å². The molecule has 0 aliphatic carbocycles. The van der Waals surface area contributed by atoms with Gasteiger partial charge in [0.15, 0.2) is 5.22 Å². The van der Waals surface area contributed by atoms with Crippen LogP contribution in [0.5, 0.6) is 0 Å². The summed E-state index contributed by atoms with van der Waals surface area (Å²) in [6.45, 7) is 0.227. The summed E-state index contributed by atoms with van der Waals surface area (Å²) in [5.74, 6) is 1.54. The van der Waals surface area contributed by atoms with Gasteiger partial charge in [-0.05, 0) is 50.0 Å². The number of aliphatic hydroxyl groups is 1. The number of halogens is 1. The van der Waals surface area contributed by atoms with Gasteiger partial charge >= 0.3 is 0 Å². The number of hydrogen-bond acceptors (Lipinski definition) is 3. The van der Waals surface area contributed by atoms with E-state index in [0.717, 1.165) is 12.2 Å². The van der Waals surface area contributed by atoms with Crippen molar-refractivity contribution >= 4 is 11.6 Å². The number of fused-ring (bicyclic) bond motifs is 2. The van der Waals surface area contributed by atoms with Gasteiger partial charge in [-0.15, -0.1) is 0 Å². The van der Waals surface area contributed by atoms with Gasteiger partial charge < -0.3 is 14.4 Å². The van der Waals surface area contributed by atoms with Crippen LogP contribution in [0.1, 0.15) is 30.9 Å². The Morgan fingerprint density at radius 2 is 2.29 bits per heavy atom. The van der Waals surface area contributed by atoms with Crippen LogP contribution in [0.2, 0.25) is 5.22 Å². The van der Waals surface area contributed by atoms with Crippen LogP contribution in [0.15, 0.2) is 16.5 Å². The average molecular weight is 256 g/mol. The topological polar surface area (TPSA) is 36.6 Å². The highest BCUT2D eigenvalue weighted by atomic mass is 35.5. The van der Waals surface area contributed by atoms with E-state index in [1.807, 2.05) is 6.07 Å². The first-order chi connectivity index (χ1) is 8.20. The molecule has 0 spiro atoms. The van der Waals surface area contributed by atoms with E-state index in [9.17, 15) is 5.11 Å². The number of rotatable bonds is 2. The molecule has 2 bridgehead atoms. The molecule has 3 heterocycles. The molecular weight excluding hydrogens is 238 g/mol. The Morgan fingerprint density at radius 1 is 1.47 bits per heavy atom. The SMILES string of the molecule is CN1C2CCC1[C@H](CO)[C@@H](c1ccc(Cl)o1)C2. The van der Waals surface area contributed by atoms with Crippen molar-refractivity contribution in [3.05, 3.63) is 23.1 Å². The maximum Gasteiger partial charge on any atom is 0.193 e. The van der Waals surface area contributed by atoms with Gasteiger partial charge in [-0.2, -0.15) is 0 Å². The highest BCUT2D eigenvalue weighted by Crippen LogP contribution is 2.46. The molecule has 4 heteroatoms. The van der Waals surface area contributed by atoms with Gasteiger partial charge in [0, 0.05) is 30.5 Å². The summed E-state index contributed by atoms with van der Waals surface area (Å²) >= 11 is 5.85. The highest BCUT2D eigenvalue weighted by Gasteiger charge is 2.46. The third-order valence-electron chi connectivity index (χ3n) is 4.60. The molecule has 3 nitrogen and oxygen atoms in total. The standard InChI is InChI=1S/C13H18ClNO2/c1-15-8-2-3-11(15)10(7-16)9(6-8)12-4-5-13(14)17-12/h4-5,8-11,16H,2-3,6-7H2,1H3/t8?,9-,10+,11?/m0/s1. The molecule has 3 rings (SSSR count). The number of hydrogen-bond donors (Lipinski definition) is 1. The quantitative estimate of drug-likeness (QED) is 0.882. The van der Waals surface area contributed by atoms with Gasteiger partial charge in [0.1, 0.15) is 5.76 Å². The van der Waals surface area contributed by atoms with Crippen molar-refractivity contribution in [2.75, 3.05) is 13.7 Å². The fourth-order valence-corrected chi connectivity index (χ4v) is 3.83. The first-order valence-corrected chi connectivity index (χ1v) is 6.66. The van der Waals surface area contributed by atoms with Gasteiger partial charge in [-0.3, -0.25) is 0 Å². The monoisotopic (exact) mass is 255 g/mol. The molecule has 2 fully saturated rings. The molecule has 0 amide bonds. The number of aliphatic hydroxyl groups excluding tert-OH is 1. The summed E-state index contributed by atoms with van der Waals surface area (Å²) in [5, 5.41) is 10.1. The van der Waals surface area contributed by atoms with Crippen LogP contribution in [-0.4, -0.2) is 35.7 Å². The molecule has 2 saturated heterocycles. The minimum absolute atomic E-state index is 0.227. The lowest BCUT2D eigenvalue weighted by atomic mass is 9.79. The molecular formula is C13H18ClNO2. The molecule has 1 N–H and O–H groups in total. The van der Waals surface area contributed by atoms with E-state index in [0.29, 0.717) is 23.2 Å². The molecule has 1 aromatic heterocycles. The maximum atomic E-state index is 9.67. The second-order valence-electron chi connectivity index (χ2n) is 5.29. The Hall–Kier alpha value is -0.510. The van der Waals surface area contributed by atoms with Crippen molar-refractivity contribution in [3.63, 3.8) is 0 Å². The second kappa shape index (κ2) is 4.30. The van der Waals surface area contributed by atoms with Crippen LogP contribution < -0.4 is 0 Å². The average Bonchev–Trinajstić information content (AvgIpc) is 2.82. The van der Waals surface area contributed by atoms with E-state index in [1.165, 1.54) is 12.8 Å². The summed E-state index contributed by atoms with van der Waals surface area (Å²) < 4.78 is 5.55. The summed E-state index contributed by atoms with van der Waals surface area (Å²) in [6.07, 6.45) is 3.50. The lowest BCUT2D eigenvalue weighted by Crippen LogP contribution is -2.46. The minimum atomic E-state index is 0.227. The van der Waals surface area contributed by atoms with E-state index in [2.05, 4.69) is 11.9 Å². The van der Waals surface area contributed by atoms with Crippen molar-refractivity contribution in [1.82, 2.24) is 4.90 Å². The zero-order valence-electron chi connectivity index (χ0n) is 9.97. The molecule has 0 aromatic carbocycles. The number of furan rings is 1. The molecule has 2 unspecified atom stereocenters. The van der Waals surface area contributed by atoms with Crippen molar-refractivity contribution in [1.29, 1.82) is 0 Å². The Balaban J connectivity index is 1.90. The van der Waals surface area contributed by atoms with Crippen molar-refractivity contribution in [2.45, 2.75) is 37.3 Å². The molecule has 1 aromatic rings. The van der Waals surface area contributed by atoms with Crippen molar-refractivity contribution < 1.29 is 9.52 Å². The number of nitrogens with zero attached hydrogens (tertiary/aromatic N) is 1. The van der Waals surface area contributed by atoms with Crippen LogP contribution in [0, 0.1) is 5.92 Å². The van der Waals surface area contributed by atoms with Gasteiger partial charge in [0.05, 0.1) is 0 Å². The minimum Gasteiger partial charge on any atom is -0.449 e. The first-order valence-electron chi connectivity index (χ1n) is 6.28. The normalized spacial score (nSPS) is 37.6. The van der Waals surface area contributed by atoms with Crippen LogP contribution >= 0.6 is 11.6 Å². The summed E-state index contributed by atoms with van der Waals surface area (Å²) in [4.78, 5) is 2.43. The van der Waals surface area contributed by atoms with Crippen molar-refractivity contribution in [2.24, 2.45) is 5.92 Å². The molecule has 0 radical (unpaired) electrons. The fraction of sp³-hybridized carbons (Fsp3) is 0.692. The lowest BCUT2D eigenvalue weighted by Gasteiger charge is -2.41. The Labute approximate surface area is 106 Å². The summed E-state index contributed by atoms with van der Waals surface area (Å²) in [6, 6.07) is 4.88. The summed E-state index contributed by atoms with van der Waals surface area (Å²) in [5.41, 5.74) is 0. The van der Waals surface area contributed by atoms with E-state index in [-0.39, 0.29) is 12.5 Å². The lowest BCUT2D eigenvalue weighted by molar-refractivity contribution is 0.0526. The van der Waals surface area contributed by atoms with Gasteiger partial charge in [-0.25, -0.2) is 0 Å². The Bertz CT molecular complexity index is 406. The molecule has 4 atom stereocenters. The predicted molar refractivity (Wildman–Crippen MR) is 66.2 cm³/mol. The van der Waals surface area contributed by atoms with Crippen LogP contribution in [0.25, 0.3) is 0 Å². The fourth-order valence-electron chi connectivity index (χ4n) is 3.68. The van der Waals surface area contributed by atoms with Crippen molar-refractivity contribution in [3.8, 4) is 0 Å². The Kier molecular flexibility index (Phi) is 2.93. The van der Waals surface area contributed by atoms with Crippen LogP contribution in [-0.2, 0) is 0 Å². The Morgan fingerprint density at radius 3 is 2.94 bits per heavy atom. The predicted octanol–water partition coefficient (Wildman–Crippen LogP) is 2.49. The van der Waals surface area contributed by atoms with E-state index in [1.54, 1.807) is 6.07 Å². The molecule has 0 saturated carbocycles. The summed E-state index contributed by atoms with van der Waals surface area (Å²) in [7, 11) is 2.18. The van der Waals surface area contributed by atoms with E-state index >= 15 is 0 Å². The van der Waals surface area contributed by atoms with Crippen LogP contribution in [0.3, 0.4) is 0 Å². The maximum absolute atomic E-state index is 9.67. The molecule has 2 aliphatic rings. The van der Waals surface area contributed by atoms with Gasteiger partial charge in [-0.1, -0.05) is 0 Å². The van der Waals surface area contributed by atoms with Crippen LogP contribution in [0.4, 0.5) is 0 Å². The second-order valence-corrected chi connectivity index (χ2v) is 5.67. The smallest absolute Gasteiger partial charge is 0.193 e. The molecule has 94 valence electrons. The zero-order valence-corrected chi connectivity index (χ0v) is 10.7. The molecule has 17 heavy (non-hydrogen) atoms. The zero-order chi connectivity index (χ0) is 12.0.